The van der Waals surface area contributed by atoms with E-state index in [9.17, 15) is 4.79 Å². The minimum absolute atomic E-state index is 0.640. The molecule has 1 aromatic heterocycles. The van der Waals surface area contributed by atoms with Crippen molar-refractivity contribution in [3.8, 4) is 0 Å². The second-order valence-electron chi connectivity index (χ2n) is 4.18. The van der Waals surface area contributed by atoms with Gasteiger partial charge < -0.3 is 5.11 Å². The normalized spacial score (nSPS) is 10.7. The van der Waals surface area contributed by atoms with Crippen LogP contribution in [-0.2, 0) is 0 Å². The lowest BCUT2D eigenvalue weighted by atomic mass is 10.1. The van der Waals surface area contributed by atoms with Gasteiger partial charge in [-0.15, -0.1) is 0 Å². The van der Waals surface area contributed by atoms with Gasteiger partial charge in [0.1, 0.15) is 4.60 Å². The number of aromatic nitrogens is 1. The summed E-state index contributed by atoms with van der Waals surface area (Å²) in [6, 6.07) is 11.1. The number of pyridine rings is 1. The average Bonchev–Trinajstić information content (AvgIpc) is 2.45. The van der Waals surface area contributed by atoms with Gasteiger partial charge in [0, 0.05) is 18.9 Å². The van der Waals surface area contributed by atoms with Crippen molar-refractivity contribution in [1.29, 1.82) is 0 Å². The van der Waals surface area contributed by atoms with E-state index in [1.165, 1.54) is 11.9 Å². The third-order valence-electron chi connectivity index (χ3n) is 2.79. The standard InChI is InChI=1S/C15H13BrN2O2/c1-18(15(19)20)13-6-4-11(5-7-13)2-3-12-8-9-17-14(16)10-12/h2-10H,1H3,(H,19,20)/b3-2+. The molecule has 0 saturated carbocycles. The lowest BCUT2D eigenvalue weighted by molar-refractivity contribution is 0.203. The van der Waals surface area contributed by atoms with Gasteiger partial charge in [-0.05, 0) is 51.3 Å². The second-order valence-corrected chi connectivity index (χ2v) is 4.99. The maximum atomic E-state index is 10.8. The highest BCUT2D eigenvalue weighted by atomic mass is 79.9. The minimum Gasteiger partial charge on any atom is -0.465 e. The number of hydrogen-bond acceptors (Lipinski definition) is 2. The maximum Gasteiger partial charge on any atom is 0.411 e. The third-order valence-corrected chi connectivity index (χ3v) is 3.22. The van der Waals surface area contributed by atoms with Crippen LogP contribution in [0.4, 0.5) is 10.5 Å². The summed E-state index contributed by atoms with van der Waals surface area (Å²) in [6.07, 6.45) is 4.69. The summed E-state index contributed by atoms with van der Waals surface area (Å²) in [6.45, 7) is 0. The molecule has 0 spiro atoms. The molecule has 20 heavy (non-hydrogen) atoms. The largest absolute Gasteiger partial charge is 0.465 e. The third kappa shape index (κ3) is 3.68. The highest BCUT2D eigenvalue weighted by Crippen LogP contribution is 2.16. The molecule has 1 heterocycles. The van der Waals surface area contributed by atoms with Gasteiger partial charge >= 0.3 is 6.09 Å². The summed E-state index contributed by atoms with van der Waals surface area (Å²) in [5.74, 6) is 0. The predicted octanol–water partition coefficient (Wildman–Crippen LogP) is 4.13. The van der Waals surface area contributed by atoms with Gasteiger partial charge in [0.15, 0.2) is 0 Å². The number of rotatable bonds is 3. The molecule has 1 aromatic carbocycles. The molecule has 0 aliphatic heterocycles. The molecule has 1 N–H and O–H groups in total. The van der Waals surface area contributed by atoms with Crippen LogP contribution in [-0.4, -0.2) is 23.2 Å². The minimum atomic E-state index is -0.977. The molecule has 0 atom stereocenters. The summed E-state index contributed by atoms with van der Waals surface area (Å²) in [5.41, 5.74) is 2.68. The van der Waals surface area contributed by atoms with Crippen LogP contribution in [0.2, 0.25) is 0 Å². The summed E-state index contributed by atoms with van der Waals surface area (Å²) in [5, 5.41) is 8.88. The van der Waals surface area contributed by atoms with Crippen LogP contribution >= 0.6 is 15.9 Å². The van der Waals surface area contributed by atoms with E-state index in [-0.39, 0.29) is 0 Å². The fourth-order valence-electron chi connectivity index (χ4n) is 1.63. The molecule has 5 heteroatoms. The zero-order valence-electron chi connectivity index (χ0n) is 10.8. The maximum absolute atomic E-state index is 10.8. The number of halogens is 1. The SMILES string of the molecule is CN(C(=O)O)c1ccc(/C=C/c2ccnc(Br)c2)cc1. The zero-order chi connectivity index (χ0) is 14.5. The van der Waals surface area contributed by atoms with Gasteiger partial charge in [-0.25, -0.2) is 9.78 Å². The van der Waals surface area contributed by atoms with Crippen molar-refractivity contribution in [1.82, 2.24) is 4.98 Å². The van der Waals surface area contributed by atoms with Gasteiger partial charge in [-0.3, -0.25) is 4.90 Å². The van der Waals surface area contributed by atoms with E-state index < -0.39 is 6.09 Å². The highest BCUT2D eigenvalue weighted by Gasteiger charge is 2.06. The zero-order valence-corrected chi connectivity index (χ0v) is 12.4. The average molecular weight is 333 g/mol. The molecular weight excluding hydrogens is 320 g/mol. The van der Waals surface area contributed by atoms with Crippen molar-refractivity contribution < 1.29 is 9.90 Å². The fourth-order valence-corrected chi connectivity index (χ4v) is 2.02. The summed E-state index contributed by atoms with van der Waals surface area (Å²) < 4.78 is 0.790. The Labute approximate surface area is 125 Å². The predicted molar refractivity (Wildman–Crippen MR) is 83.7 cm³/mol. The first kappa shape index (κ1) is 14.3. The van der Waals surface area contributed by atoms with E-state index in [1.807, 2.05) is 36.4 Å². The first-order valence-electron chi connectivity index (χ1n) is 5.92. The number of benzene rings is 1. The number of hydrogen-bond donors (Lipinski definition) is 1. The topological polar surface area (TPSA) is 53.4 Å². The number of anilines is 1. The number of carboxylic acid groups (broad SMARTS) is 1. The van der Waals surface area contributed by atoms with Crippen LogP contribution in [0.15, 0.2) is 47.2 Å². The van der Waals surface area contributed by atoms with Crippen LogP contribution in [0.25, 0.3) is 12.2 Å². The Morgan fingerprint density at radius 2 is 1.85 bits per heavy atom. The van der Waals surface area contributed by atoms with Gasteiger partial charge in [0.2, 0.25) is 0 Å². The summed E-state index contributed by atoms with van der Waals surface area (Å²) in [4.78, 5) is 16.1. The Hall–Kier alpha value is -2.14. The Bertz CT molecular complexity index is 639. The molecule has 2 aromatic rings. The van der Waals surface area contributed by atoms with E-state index in [2.05, 4.69) is 20.9 Å². The molecule has 1 amide bonds. The van der Waals surface area contributed by atoms with Gasteiger partial charge in [0.25, 0.3) is 0 Å². The highest BCUT2D eigenvalue weighted by molar-refractivity contribution is 9.10. The molecule has 0 bridgehead atoms. The molecule has 0 saturated heterocycles. The molecular formula is C15H13BrN2O2. The molecule has 0 aliphatic rings. The smallest absolute Gasteiger partial charge is 0.411 e. The van der Waals surface area contributed by atoms with E-state index in [4.69, 9.17) is 5.11 Å². The van der Waals surface area contributed by atoms with Crippen molar-refractivity contribution in [2.24, 2.45) is 0 Å². The van der Waals surface area contributed by atoms with E-state index in [0.717, 1.165) is 15.7 Å². The van der Waals surface area contributed by atoms with Crippen molar-refractivity contribution in [2.45, 2.75) is 0 Å². The van der Waals surface area contributed by atoms with Crippen LogP contribution in [0, 0.1) is 0 Å². The van der Waals surface area contributed by atoms with Gasteiger partial charge in [0.05, 0.1) is 0 Å². The number of amides is 1. The second kappa shape index (κ2) is 6.34. The molecule has 0 aliphatic carbocycles. The van der Waals surface area contributed by atoms with Crippen LogP contribution in [0.1, 0.15) is 11.1 Å². The van der Waals surface area contributed by atoms with Crippen LogP contribution < -0.4 is 4.90 Å². The molecule has 0 fully saturated rings. The Morgan fingerprint density at radius 3 is 2.45 bits per heavy atom. The van der Waals surface area contributed by atoms with E-state index in [1.54, 1.807) is 18.3 Å². The van der Waals surface area contributed by atoms with E-state index >= 15 is 0 Å². The lowest BCUT2D eigenvalue weighted by Gasteiger charge is -2.12. The molecule has 2 rings (SSSR count). The molecule has 102 valence electrons. The lowest BCUT2D eigenvalue weighted by Crippen LogP contribution is -2.23. The molecule has 4 nitrogen and oxygen atoms in total. The van der Waals surface area contributed by atoms with Gasteiger partial charge in [-0.1, -0.05) is 24.3 Å². The Kier molecular flexibility index (Phi) is 4.53. The summed E-state index contributed by atoms with van der Waals surface area (Å²) in [7, 11) is 1.52. The Balaban J connectivity index is 2.13. The quantitative estimate of drug-likeness (QED) is 0.860. The Morgan fingerprint density at radius 1 is 1.20 bits per heavy atom. The monoisotopic (exact) mass is 332 g/mol. The number of carbonyl (C=O) groups is 1. The van der Waals surface area contributed by atoms with Crippen molar-refractivity contribution >= 4 is 39.9 Å². The fraction of sp³-hybridized carbons (Fsp3) is 0.0667. The molecule has 0 radical (unpaired) electrons. The van der Waals surface area contributed by atoms with Crippen molar-refractivity contribution in [3.05, 3.63) is 58.3 Å². The van der Waals surface area contributed by atoms with Gasteiger partial charge in [-0.2, -0.15) is 0 Å². The van der Waals surface area contributed by atoms with Crippen molar-refractivity contribution in [3.63, 3.8) is 0 Å². The first-order valence-corrected chi connectivity index (χ1v) is 6.72. The van der Waals surface area contributed by atoms with Crippen LogP contribution in [0.5, 0.6) is 0 Å². The van der Waals surface area contributed by atoms with E-state index in [0.29, 0.717) is 5.69 Å². The number of nitrogens with zero attached hydrogens (tertiary/aromatic N) is 2. The summed E-state index contributed by atoms with van der Waals surface area (Å²) >= 11 is 3.32. The van der Waals surface area contributed by atoms with Crippen molar-refractivity contribution in [2.75, 3.05) is 11.9 Å². The first-order chi connectivity index (χ1) is 9.56. The van der Waals surface area contributed by atoms with Crippen LogP contribution in [0.3, 0.4) is 0 Å². The molecule has 0 unspecified atom stereocenters.